The molecule has 0 radical (unpaired) electrons. The molecule has 0 amide bonds. The summed E-state index contributed by atoms with van der Waals surface area (Å²) in [6.07, 6.45) is 3.80. The van der Waals surface area contributed by atoms with Crippen LogP contribution in [0, 0.1) is 3.57 Å². The smallest absolute Gasteiger partial charge is 0.253 e. The van der Waals surface area contributed by atoms with Gasteiger partial charge in [-0.15, -0.1) is 0 Å². The standard InChI is InChI=1S/C24H24N4O2.C15H17IN2O2/c1-2-27-21-9-8-19(28-11-10-25-24(28)18-6-4-3-5-7-18)16-20(21)22(17-23(27)29)26-12-14-30-15-13-26;1-2-18-13-4-3-11(16)9-12(13)14(10-15(18)19)17-5-7-20-8-6-17/h3-11,16-17H,2,12-15H2,1H3;3-4,9-10H,2,5-8H2,1H3. The largest absolute Gasteiger partial charge is 0.378 e. The molecule has 2 aliphatic heterocycles. The van der Waals surface area contributed by atoms with E-state index in [-0.39, 0.29) is 11.1 Å². The number of hydrogen-bond acceptors (Lipinski definition) is 7. The molecule has 3 aromatic carbocycles. The molecular weight excluding hydrogens is 743 g/mol. The number of nitrogens with zero attached hydrogens (tertiary/aromatic N) is 6. The van der Waals surface area contributed by atoms with Gasteiger partial charge in [0.05, 0.1) is 48.8 Å². The third-order valence-electron chi connectivity index (χ3n) is 9.41. The first-order chi connectivity index (χ1) is 24.5. The molecule has 0 saturated carbocycles. The molecule has 5 heterocycles. The number of halogens is 1. The Bertz CT molecular complexity index is 2230. The minimum atomic E-state index is 0.0341. The van der Waals surface area contributed by atoms with Gasteiger partial charge in [-0.25, -0.2) is 4.98 Å². The van der Waals surface area contributed by atoms with Gasteiger partial charge in [-0.1, -0.05) is 30.3 Å². The maximum atomic E-state index is 12.8. The van der Waals surface area contributed by atoms with E-state index in [2.05, 4.69) is 78.3 Å². The van der Waals surface area contributed by atoms with Crippen molar-refractivity contribution in [2.45, 2.75) is 26.9 Å². The summed E-state index contributed by atoms with van der Waals surface area (Å²) in [7, 11) is 0. The number of hydrogen-bond donors (Lipinski definition) is 0. The van der Waals surface area contributed by atoms with Crippen molar-refractivity contribution < 1.29 is 9.47 Å². The number of aromatic nitrogens is 4. The van der Waals surface area contributed by atoms with Crippen LogP contribution in [-0.4, -0.2) is 71.3 Å². The summed E-state index contributed by atoms with van der Waals surface area (Å²) in [6.45, 7) is 11.4. The average Bonchev–Trinajstić information content (AvgIpc) is 3.66. The van der Waals surface area contributed by atoms with Crippen molar-refractivity contribution in [1.82, 2.24) is 18.7 Å². The van der Waals surface area contributed by atoms with Gasteiger partial charge in [0.1, 0.15) is 5.82 Å². The number of ether oxygens (including phenoxy) is 2. The Hall–Kier alpha value is -4.46. The quantitative estimate of drug-likeness (QED) is 0.187. The summed E-state index contributed by atoms with van der Waals surface area (Å²) in [5.41, 5.74) is 6.18. The predicted octanol–water partition coefficient (Wildman–Crippen LogP) is 6.17. The summed E-state index contributed by atoms with van der Waals surface area (Å²) in [6, 6.07) is 26.2. The highest BCUT2D eigenvalue weighted by Gasteiger charge is 2.19. The fourth-order valence-electron chi connectivity index (χ4n) is 6.94. The molecule has 0 N–H and O–H groups in total. The molecule has 0 aliphatic carbocycles. The fraction of sp³-hybridized carbons (Fsp3) is 0.308. The van der Waals surface area contributed by atoms with Crippen LogP contribution in [0.4, 0.5) is 11.4 Å². The van der Waals surface area contributed by atoms with E-state index >= 15 is 0 Å². The molecule has 2 aliphatic rings. The maximum absolute atomic E-state index is 12.8. The van der Waals surface area contributed by atoms with Crippen molar-refractivity contribution in [3.8, 4) is 17.1 Å². The second-order valence-corrected chi connectivity index (χ2v) is 13.5. The van der Waals surface area contributed by atoms with Crippen LogP contribution < -0.4 is 20.9 Å². The molecule has 3 aromatic heterocycles. The number of anilines is 2. The van der Waals surface area contributed by atoms with Gasteiger partial charge in [0.2, 0.25) is 0 Å². The van der Waals surface area contributed by atoms with E-state index in [4.69, 9.17) is 9.47 Å². The van der Waals surface area contributed by atoms with E-state index in [1.54, 1.807) is 12.1 Å². The Morgan fingerprint density at radius 3 is 1.78 bits per heavy atom. The third-order valence-corrected chi connectivity index (χ3v) is 10.1. The average molecular weight is 785 g/mol. The van der Waals surface area contributed by atoms with Crippen molar-refractivity contribution in [3.05, 3.63) is 116 Å². The Morgan fingerprint density at radius 2 is 1.22 bits per heavy atom. The minimum absolute atomic E-state index is 0.0341. The van der Waals surface area contributed by atoms with E-state index < -0.39 is 0 Å². The van der Waals surface area contributed by atoms with Crippen molar-refractivity contribution in [2.24, 2.45) is 0 Å². The topological polar surface area (TPSA) is 86.8 Å². The van der Waals surface area contributed by atoms with Crippen molar-refractivity contribution in [2.75, 3.05) is 62.4 Å². The summed E-state index contributed by atoms with van der Waals surface area (Å²) >= 11 is 2.32. The minimum Gasteiger partial charge on any atom is -0.378 e. The lowest BCUT2D eigenvalue weighted by atomic mass is 10.1. The lowest BCUT2D eigenvalue weighted by Crippen LogP contribution is -2.37. The lowest BCUT2D eigenvalue weighted by Gasteiger charge is -2.30. The van der Waals surface area contributed by atoms with Crippen LogP contribution in [0.15, 0.2) is 101 Å². The van der Waals surface area contributed by atoms with Gasteiger partial charge < -0.3 is 28.4 Å². The van der Waals surface area contributed by atoms with Gasteiger partial charge >= 0.3 is 0 Å². The zero-order chi connectivity index (χ0) is 34.6. The van der Waals surface area contributed by atoms with E-state index in [1.165, 1.54) is 3.57 Å². The first kappa shape index (κ1) is 34.0. The van der Waals surface area contributed by atoms with Crippen LogP contribution in [0.1, 0.15) is 13.8 Å². The van der Waals surface area contributed by atoms with E-state index in [9.17, 15) is 9.59 Å². The number of benzene rings is 3. The summed E-state index contributed by atoms with van der Waals surface area (Å²) in [5, 5.41) is 2.23. The van der Waals surface area contributed by atoms with Crippen LogP contribution in [0.3, 0.4) is 0 Å². The van der Waals surface area contributed by atoms with Gasteiger partial charge in [-0.05, 0) is 72.8 Å². The zero-order valence-corrected chi connectivity index (χ0v) is 30.6. The van der Waals surface area contributed by atoms with Crippen molar-refractivity contribution >= 4 is 55.8 Å². The van der Waals surface area contributed by atoms with Crippen molar-refractivity contribution in [1.29, 1.82) is 0 Å². The van der Waals surface area contributed by atoms with Crippen LogP contribution in [0.5, 0.6) is 0 Å². The molecule has 2 saturated heterocycles. The number of aryl methyl sites for hydroxylation is 2. The SMILES string of the molecule is CCn1c(=O)cc(N2CCOCC2)c2cc(-n3ccnc3-c3ccccc3)ccc21.CCn1c(=O)cc(N2CCOCC2)c2cc(I)ccc21. The van der Waals surface area contributed by atoms with Gasteiger partial charge in [0.25, 0.3) is 11.1 Å². The molecule has 258 valence electrons. The highest BCUT2D eigenvalue weighted by molar-refractivity contribution is 14.1. The molecule has 8 rings (SSSR count). The summed E-state index contributed by atoms with van der Waals surface area (Å²) in [5.74, 6) is 0.895. The predicted molar refractivity (Wildman–Crippen MR) is 209 cm³/mol. The van der Waals surface area contributed by atoms with Crippen LogP contribution in [0.25, 0.3) is 38.9 Å². The molecule has 50 heavy (non-hydrogen) atoms. The zero-order valence-electron chi connectivity index (χ0n) is 28.4. The highest BCUT2D eigenvalue weighted by Crippen LogP contribution is 2.31. The van der Waals surface area contributed by atoms with Gasteiger partial charge in [-0.3, -0.25) is 14.2 Å². The third kappa shape index (κ3) is 6.81. The molecule has 11 heteroatoms. The van der Waals surface area contributed by atoms with E-state index in [0.29, 0.717) is 26.3 Å². The van der Waals surface area contributed by atoms with Crippen molar-refractivity contribution in [3.63, 3.8) is 0 Å². The molecular formula is C39H41IN6O4. The molecule has 0 atom stereocenters. The summed E-state index contributed by atoms with van der Waals surface area (Å²) < 4.78 is 17.9. The molecule has 6 aromatic rings. The number of fused-ring (bicyclic) bond motifs is 2. The highest BCUT2D eigenvalue weighted by atomic mass is 127. The van der Waals surface area contributed by atoms with Gasteiger partial charge in [0.15, 0.2) is 0 Å². The van der Waals surface area contributed by atoms with E-state index in [0.717, 1.165) is 89.6 Å². The maximum Gasteiger partial charge on any atom is 0.253 e. The van der Waals surface area contributed by atoms with E-state index in [1.807, 2.05) is 65.7 Å². The number of imidazole rings is 1. The number of morpholine rings is 2. The van der Waals surface area contributed by atoms with Crippen LogP contribution in [-0.2, 0) is 22.6 Å². The Balaban J connectivity index is 0.000000170. The molecule has 10 nitrogen and oxygen atoms in total. The first-order valence-corrected chi connectivity index (χ1v) is 18.3. The number of rotatable bonds is 6. The van der Waals surface area contributed by atoms with Gasteiger partial charge in [-0.2, -0.15) is 0 Å². The Morgan fingerprint density at radius 1 is 0.680 bits per heavy atom. The molecule has 0 spiro atoms. The molecule has 2 fully saturated rings. The second kappa shape index (κ2) is 15.2. The van der Waals surface area contributed by atoms with Gasteiger partial charge in [0, 0.05) is 89.4 Å². The molecule has 0 unspecified atom stereocenters. The lowest BCUT2D eigenvalue weighted by molar-refractivity contribution is 0.122. The van der Waals surface area contributed by atoms with Crippen LogP contribution in [0.2, 0.25) is 0 Å². The normalized spacial score (nSPS) is 14.9. The monoisotopic (exact) mass is 784 g/mol. The fourth-order valence-corrected chi connectivity index (χ4v) is 7.43. The molecule has 0 bridgehead atoms. The Labute approximate surface area is 304 Å². The summed E-state index contributed by atoms with van der Waals surface area (Å²) in [4.78, 5) is 34.2. The second-order valence-electron chi connectivity index (χ2n) is 12.3. The van der Waals surface area contributed by atoms with Crippen LogP contribution >= 0.6 is 22.6 Å². The number of pyridine rings is 2. The Kier molecular flexibility index (Phi) is 10.3. The first-order valence-electron chi connectivity index (χ1n) is 17.2.